The monoisotopic (exact) mass is 505 g/mol. The van der Waals surface area contributed by atoms with Gasteiger partial charge in [0.2, 0.25) is 0 Å². The Bertz CT molecular complexity index is 1640. The highest BCUT2D eigenvalue weighted by Gasteiger charge is 2.11. The lowest BCUT2D eigenvalue weighted by Gasteiger charge is -2.25. The van der Waals surface area contributed by atoms with Crippen molar-refractivity contribution in [1.82, 2.24) is 0 Å². The first-order chi connectivity index (χ1) is 18.8. The fourth-order valence-corrected chi connectivity index (χ4v) is 5.33. The van der Waals surface area contributed by atoms with Gasteiger partial charge >= 0.3 is 0 Å². The lowest BCUT2D eigenvalue weighted by atomic mass is 9.98. The van der Waals surface area contributed by atoms with E-state index >= 15 is 0 Å². The van der Waals surface area contributed by atoms with Crippen LogP contribution >= 0.6 is 11.3 Å². The van der Waals surface area contributed by atoms with Crippen molar-refractivity contribution in [3.05, 3.63) is 160 Å². The molecule has 0 aliphatic heterocycles. The minimum absolute atomic E-state index is 1.13. The Morgan fingerprint density at radius 1 is 0.421 bits per heavy atom. The number of rotatable bonds is 7. The summed E-state index contributed by atoms with van der Waals surface area (Å²) in [6, 6.07) is 47.1. The molecule has 0 N–H and O–H groups in total. The van der Waals surface area contributed by atoms with E-state index in [0.717, 1.165) is 17.1 Å². The molecule has 5 aromatic carbocycles. The fourth-order valence-electron chi connectivity index (χ4n) is 4.72. The average Bonchev–Trinajstić information content (AvgIpc) is 3.51. The molecule has 0 spiro atoms. The lowest BCUT2D eigenvalue weighted by Crippen LogP contribution is -2.09. The van der Waals surface area contributed by atoms with Crippen LogP contribution in [-0.4, -0.2) is 0 Å². The summed E-state index contributed by atoms with van der Waals surface area (Å²) in [5.41, 5.74) is 7.03. The van der Waals surface area contributed by atoms with Gasteiger partial charge in [-0.05, 0) is 81.4 Å². The Hall–Kier alpha value is -4.66. The molecule has 0 aliphatic carbocycles. The van der Waals surface area contributed by atoms with Gasteiger partial charge in [0.25, 0.3) is 0 Å². The molecule has 38 heavy (non-hydrogen) atoms. The summed E-state index contributed by atoms with van der Waals surface area (Å²) in [6.07, 6.45) is 8.82. The van der Waals surface area contributed by atoms with Crippen molar-refractivity contribution in [2.75, 3.05) is 4.90 Å². The van der Waals surface area contributed by atoms with Crippen LogP contribution < -0.4 is 4.90 Å². The van der Waals surface area contributed by atoms with Gasteiger partial charge in [-0.15, -0.1) is 11.3 Å². The topological polar surface area (TPSA) is 3.24 Å². The zero-order chi connectivity index (χ0) is 25.6. The van der Waals surface area contributed by atoms with Crippen molar-refractivity contribution in [3.63, 3.8) is 0 Å². The fraction of sp³-hybridized carbons (Fsp3) is 0. The molecular weight excluding hydrogens is 478 g/mol. The van der Waals surface area contributed by atoms with Crippen LogP contribution in [-0.2, 0) is 0 Å². The highest BCUT2D eigenvalue weighted by atomic mass is 32.1. The molecule has 0 unspecified atom stereocenters. The smallest absolute Gasteiger partial charge is 0.0462 e. The van der Waals surface area contributed by atoms with Gasteiger partial charge in [-0.2, -0.15) is 0 Å². The van der Waals surface area contributed by atoms with Crippen LogP contribution in [0.2, 0.25) is 0 Å². The lowest BCUT2D eigenvalue weighted by molar-refractivity contribution is 1.28. The molecular formula is C36H27NS. The highest BCUT2D eigenvalue weighted by Crippen LogP contribution is 2.34. The van der Waals surface area contributed by atoms with Crippen LogP contribution in [0.4, 0.5) is 17.1 Å². The standard InChI is InChI=1S/C36H27NS/c1-3-10-31(11-4-1)37(32-12-5-2-6-13-32)33-24-18-28(19-25-33)17-20-29-21-22-30(23-26-34-14-9-27-38-34)36-16-8-7-15-35(29)36/h1-27H/b20-17+,26-23+. The Balaban J connectivity index is 1.28. The first-order valence-corrected chi connectivity index (χ1v) is 13.6. The molecule has 182 valence electrons. The Morgan fingerprint density at radius 3 is 1.50 bits per heavy atom. The zero-order valence-corrected chi connectivity index (χ0v) is 21.8. The Kier molecular flexibility index (Phi) is 6.97. The van der Waals surface area contributed by atoms with E-state index in [0.29, 0.717) is 0 Å². The van der Waals surface area contributed by atoms with E-state index in [1.54, 1.807) is 11.3 Å². The van der Waals surface area contributed by atoms with E-state index in [-0.39, 0.29) is 0 Å². The van der Waals surface area contributed by atoms with E-state index in [2.05, 4.69) is 168 Å². The van der Waals surface area contributed by atoms with E-state index in [4.69, 9.17) is 0 Å². The summed E-state index contributed by atoms with van der Waals surface area (Å²) in [4.78, 5) is 3.54. The Labute approximate surface area is 228 Å². The third-order valence-electron chi connectivity index (χ3n) is 6.60. The third-order valence-corrected chi connectivity index (χ3v) is 7.43. The Morgan fingerprint density at radius 2 is 0.947 bits per heavy atom. The quantitative estimate of drug-likeness (QED) is 0.195. The molecule has 0 saturated carbocycles. The molecule has 1 heterocycles. The molecule has 0 radical (unpaired) electrons. The van der Waals surface area contributed by atoms with E-state index in [9.17, 15) is 0 Å². The number of benzene rings is 5. The number of hydrogen-bond acceptors (Lipinski definition) is 2. The molecule has 6 rings (SSSR count). The highest BCUT2D eigenvalue weighted by molar-refractivity contribution is 7.10. The van der Waals surface area contributed by atoms with Crippen molar-refractivity contribution in [3.8, 4) is 0 Å². The average molecular weight is 506 g/mol. The predicted molar refractivity (Wildman–Crippen MR) is 167 cm³/mol. The summed E-state index contributed by atoms with van der Waals surface area (Å²) >= 11 is 1.76. The second-order valence-electron chi connectivity index (χ2n) is 9.07. The van der Waals surface area contributed by atoms with Crippen LogP contribution in [0.3, 0.4) is 0 Å². The minimum Gasteiger partial charge on any atom is -0.311 e. The van der Waals surface area contributed by atoms with Gasteiger partial charge in [0.1, 0.15) is 0 Å². The number of thiophene rings is 1. The SMILES string of the molecule is C(=C\c1ccc(/C=C/c2cccs2)c2ccccc12)/c1ccc(N(c2ccccc2)c2ccccc2)cc1. The van der Waals surface area contributed by atoms with Crippen molar-refractivity contribution in [2.24, 2.45) is 0 Å². The molecule has 0 bridgehead atoms. The van der Waals surface area contributed by atoms with Crippen LogP contribution in [0.25, 0.3) is 35.1 Å². The van der Waals surface area contributed by atoms with Gasteiger partial charge in [-0.25, -0.2) is 0 Å². The first-order valence-electron chi connectivity index (χ1n) is 12.8. The second kappa shape index (κ2) is 11.2. The normalized spacial score (nSPS) is 11.5. The second-order valence-corrected chi connectivity index (χ2v) is 10.0. The van der Waals surface area contributed by atoms with Crippen LogP contribution in [0.15, 0.2) is 139 Å². The molecule has 0 fully saturated rings. The maximum atomic E-state index is 2.28. The van der Waals surface area contributed by atoms with Gasteiger partial charge in [0.05, 0.1) is 0 Å². The molecule has 0 atom stereocenters. The zero-order valence-electron chi connectivity index (χ0n) is 20.9. The number of hydrogen-bond donors (Lipinski definition) is 0. The summed E-state index contributed by atoms with van der Waals surface area (Å²) in [5.74, 6) is 0. The summed E-state index contributed by atoms with van der Waals surface area (Å²) in [6.45, 7) is 0. The molecule has 1 nitrogen and oxygen atoms in total. The maximum Gasteiger partial charge on any atom is 0.0462 e. The summed E-state index contributed by atoms with van der Waals surface area (Å²) < 4.78 is 0. The maximum absolute atomic E-state index is 2.28. The summed E-state index contributed by atoms with van der Waals surface area (Å²) in [5, 5.41) is 4.63. The molecule has 0 aliphatic rings. The molecule has 0 amide bonds. The molecule has 6 aromatic rings. The van der Waals surface area contributed by atoms with Gasteiger partial charge in [-0.3, -0.25) is 0 Å². The van der Waals surface area contributed by atoms with Crippen molar-refractivity contribution in [2.45, 2.75) is 0 Å². The van der Waals surface area contributed by atoms with Gasteiger partial charge in [-0.1, -0.05) is 109 Å². The van der Waals surface area contributed by atoms with Crippen molar-refractivity contribution in [1.29, 1.82) is 0 Å². The van der Waals surface area contributed by atoms with Crippen molar-refractivity contribution < 1.29 is 0 Å². The number of para-hydroxylation sites is 2. The number of fused-ring (bicyclic) bond motifs is 1. The van der Waals surface area contributed by atoms with Crippen LogP contribution in [0.1, 0.15) is 21.6 Å². The van der Waals surface area contributed by atoms with Gasteiger partial charge in [0.15, 0.2) is 0 Å². The van der Waals surface area contributed by atoms with E-state index in [1.807, 2.05) is 0 Å². The number of anilines is 3. The molecule has 1 aromatic heterocycles. The third kappa shape index (κ3) is 5.22. The van der Waals surface area contributed by atoms with Crippen molar-refractivity contribution >= 4 is 63.5 Å². The predicted octanol–water partition coefficient (Wildman–Crippen LogP) is 10.7. The molecule has 2 heteroatoms. The van der Waals surface area contributed by atoms with Crippen LogP contribution in [0, 0.1) is 0 Å². The largest absolute Gasteiger partial charge is 0.311 e. The number of nitrogens with zero attached hydrogens (tertiary/aromatic N) is 1. The minimum atomic E-state index is 1.13. The summed E-state index contributed by atoms with van der Waals surface area (Å²) in [7, 11) is 0. The molecule has 0 saturated heterocycles. The first kappa shape index (κ1) is 23.7. The van der Waals surface area contributed by atoms with Gasteiger partial charge < -0.3 is 4.90 Å². The van der Waals surface area contributed by atoms with E-state index < -0.39 is 0 Å². The van der Waals surface area contributed by atoms with E-state index in [1.165, 1.54) is 32.3 Å². The van der Waals surface area contributed by atoms with Gasteiger partial charge in [0, 0.05) is 21.9 Å². The van der Waals surface area contributed by atoms with Crippen LogP contribution in [0.5, 0.6) is 0 Å².